The van der Waals surface area contributed by atoms with E-state index in [2.05, 4.69) is 46.9 Å². The molecule has 33 heavy (non-hydrogen) atoms. The molecule has 3 aliphatic rings. The summed E-state index contributed by atoms with van der Waals surface area (Å²) in [5.74, 6) is -0.137. The molecule has 0 radical (unpaired) electrons. The molecule has 0 N–H and O–H groups in total. The summed E-state index contributed by atoms with van der Waals surface area (Å²) in [7, 11) is 0. The number of ketones is 1. The largest absolute Gasteiger partial charge is 0.377 e. The summed E-state index contributed by atoms with van der Waals surface area (Å²) in [6.07, 6.45) is 3.98. The maximum absolute atomic E-state index is 13.0. The number of fused-ring (bicyclic) bond motifs is 2. The zero-order chi connectivity index (χ0) is 23.1. The van der Waals surface area contributed by atoms with Gasteiger partial charge in [-0.05, 0) is 49.9 Å². The molecule has 2 aromatic rings. The van der Waals surface area contributed by atoms with Gasteiger partial charge in [-0.1, -0.05) is 12.1 Å². The van der Waals surface area contributed by atoms with Crippen molar-refractivity contribution in [1.29, 1.82) is 0 Å². The van der Waals surface area contributed by atoms with Gasteiger partial charge in [0.1, 0.15) is 5.69 Å². The third kappa shape index (κ3) is 4.29. The van der Waals surface area contributed by atoms with Gasteiger partial charge in [-0.25, -0.2) is 4.79 Å². The van der Waals surface area contributed by atoms with Crippen molar-refractivity contribution in [3.8, 4) is 0 Å². The van der Waals surface area contributed by atoms with Crippen LogP contribution >= 0.6 is 0 Å². The van der Waals surface area contributed by atoms with E-state index in [0.717, 1.165) is 32.8 Å². The molecule has 0 spiro atoms. The number of ether oxygens (including phenoxy) is 1. The molecule has 4 heterocycles. The standard InChI is InChI=1S/C25H33N5O3/c1-17-4-5-20(24(12-17)30-21-6-7-22(30)16-33-15-21)14-27-10-11-28(18(2)13-27)25(32)29-9-8-23(26-29)19(3)31/h4-5,8-9,12,18,21-22H,6-7,10-11,13-16H2,1-3H3/t18-,21?,22?/m0/s1. The average molecular weight is 452 g/mol. The van der Waals surface area contributed by atoms with Gasteiger partial charge < -0.3 is 14.5 Å². The predicted molar refractivity (Wildman–Crippen MR) is 126 cm³/mol. The Balaban J connectivity index is 1.28. The molecule has 3 aliphatic heterocycles. The third-order valence-electron chi connectivity index (χ3n) is 7.26. The lowest BCUT2D eigenvalue weighted by molar-refractivity contribution is 0.0894. The van der Waals surface area contributed by atoms with Gasteiger partial charge in [-0.2, -0.15) is 9.78 Å². The normalized spacial score (nSPS) is 25.5. The molecule has 3 saturated heterocycles. The number of hydrogen-bond donors (Lipinski definition) is 0. The lowest BCUT2D eigenvalue weighted by Gasteiger charge is -2.41. The lowest BCUT2D eigenvalue weighted by atomic mass is 10.0. The summed E-state index contributed by atoms with van der Waals surface area (Å²) in [6.45, 7) is 10.5. The fourth-order valence-electron chi connectivity index (χ4n) is 5.52. The maximum atomic E-state index is 13.0. The van der Waals surface area contributed by atoms with E-state index in [1.165, 1.54) is 41.3 Å². The second-order valence-electron chi connectivity index (χ2n) is 9.72. The van der Waals surface area contributed by atoms with Crippen molar-refractivity contribution in [1.82, 2.24) is 19.6 Å². The lowest BCUT2D eigenvalue weighted by Crippen LogP contribution is -2.54. The van der Waals surface area contributed by atoms with Gasteiger partial charge >= 0.3 is 6.03 Å². The number of amides is 1. The highest BCUT2D eigenvalue weighted by Crippen LogP contribution is 2.37. The Morgan fingerprint density at radius 1 is 1.12 bits per heavy atom. The summed E-state index contributed by atoms with van der Waals surface area (Å²) in [5, 5.41) is 4.14. The highest BCUT2D eigenvalue weighted by atomic mass is 16.5. The van der Waals surface area contributed by atoms with Gasteiger partial charge in [0, 0.05) is 51.0 Å². The number of aromatic nitrogens is 2. The van der Waals surface area contributed by atoms with Crippen LogP contribution in [-0.2, 0) is 11.3 Å². The molecule has 3 atom stereocenters. The molecule has 176 valence electrons. The van der Waals surface area contributed by atoms with Gasteiger partial charge in [-0.15, -0.1) is 0 Å². The third-order valence-corrected chi connectivity index (χ3v) is 7.26. The molecule has 8 nitrogen and oxygen atoms in total. The first-order chi connectivity index (χ1) is 15.9. The van der Waals surface area contributed by atoms with Crippen molar-refractivity contribution in [3.05, 3.63) is 47.3 Å². The van der Waals surface area contributed by atoms with E-state index in [9.17, 15) is 9.59 Å². The molecule has 2 bridgehead atoms. The summed E-state index contributed by atoms with van der Waals surface area (Å²) >= 11 is 0. The first kappa shape index (κ1) is 22.1. The summed E-state index contributed by atoms with van der Waals surface area (Å²) in [5.41, 5.74) is 4.31. The molecular formula is C25H33N5O3. The van der Waals surface area contributed by atoms with E-state index in [1.807, 2.05) is 4.90 Å². The number of benzene rings is 1. The molecule has 3 fully saturated rings. The minimum absolute atomic E-state index is 0.0599. The van der Waals surface area contributed by atoms with Crippen LogP contribution in [0.3, 0.4) is 0 Å². The van der Waals surface area contributed by atoms with E-state index in [0.29, 0.717) is 24.3 Å². The van der Waals surface area contributed by atoms with Crippen LogP contribution in [0.4, 0.5) is 10.5 Å². The predicted octanol–water partition coefficient (Wildman–Crippen LogP) is 2.94. The number of piperazine rings is 1. The molecular weight excluding hydrogens is 418 g/mol. The number of Topliss-reactive ketones (excluding diaryl/α,β-unsaturated/α-hetero) is 1. The summed E-state index contributed by atoms with van der Waals surface area (Å²) in [4.78, 5) is 31.4. The second-order valence-corrected chi connectivity index (χ2v) is 9.72. The number of hydrogen-bond acceptors (Lipinski definition) is 6. The number of aryl methyl sites for hydroxylation is 1. The topological polar surface area (TPSA) is 70.9 Å². The minimum atomic E-state index is -0.171. The first-order valence-corrected chi connectivity index (χ1v) is 12.0. The van der Waals surface area contributed by atoms with Crippen LogP contribution in [0.2, 0.25) is 0 Å². The monoisotopic (exact) mass is 451 g/mol. The summed E-state index contributed by atoms with van der Waals surface area (Å²) < 4.78 is 7.10. The second kappa shape index (κ2) is 8.91. The smallest absolute Gasteiger partial charge is 0.344 e. The van der Waals surface area contributed by atoms with E-state index >= 15 is 0 Å². The van der Waals surface area contributed by atoms with Gasteiger partial charge in [0.25, 0.3) is 0 Å². The van der Waals surface area contributed by atoms with Gasteiger partial charge in [0.15, 0.2) is 5.78 Å². The van der Waals surface area contributed by atoms with Crippen LogP contribution in [0.15, 0.2) is 30.5 Å². The Morgan fingerprint density at radius 2 is 1.88 bits per heavy atom. The van der Waals surface area contributed by atoms with Crippen LogP contribution in [0.25, 0.3) is 0 Å². The number of rotatable bonds is 4. The first-order valence-electron chi connectivity index (χ1n) is 12.0. The molecule has 0 saturated carbocycles. The average Bonchev–Trinajstić information content (AvgIpc) is 3.37. The van der Waals surface area contributed by atoms with Crippen LogP contribution < -0.4 is 4.90 Å². The van der Waals surface area contributed by atoms with Crippen molar-refractivity contribution < 1.29 is 14.3 Å². The van der Waals surface area contributed by atoms with Crippen LogP contribution in [0, 0.1) is 6.92 Å². The van der Waals surface area contributed by atoms with E-state index in [-0.39, 0.29) is 17.9 Å². The Bertz CT molecular complexity index is 1030. The van der Waals surface area contributed by atoms with Gasteiger partial charge in [0.2, 0.25) is 0 Å². The summed E-state index contributed by atoms with van der Waals surface area (Å²) in [6, 6.07) is 9.25. The Kier molecular flexibility index (Phi) is 5.97. The van der Waals surface area contributed by atoms with Gasteiger partial charge in [0.05, 0.1) is 25.3 Å². The number of carbonyl (C=O) groups is 2. The number of carbonyl (C=O) groups excluding carboxylic acids is 2. The van der Waals surface area contributed by atoms with E-state index in [4.69, 9.17) is 4.74 Å². The van der Waals surface area contributed by atoms with Crippen LogP contribution in [0.1, 0.15) is 48.3 Å². The van der Waals surface area contributed by atoms with Crippen molar-refractivity contribution in [2.75, 3.05) is 37.7 Å². The zero-order valence-electron chi connectivity index (χ0n) is 19.7. The molecule has 2 unspecified atom stereocenters. The Labute approximate surface area is 195 Å². The molecule has 1 amide bonds. The Hall–Kier alpha value is -2.71. The SMILES string of the molecule is CC(=O)c1ccn(C(=O)N2CCN(Cc3ccc(C)cc3N3C4CCC3COC4)C[C@@H]2C)n1. The number of nitrogens with zero attached hydrogens (tertiary/aromatic N) is 5. The van der Waals surface area contributed by atoms with Gasteiger partial charge in [-0.3, -0.25) is 9.69 Å². The highest BCUT2D eigenvalue weighted by molar-refractivity contribution is 5.92. The molecule has 5 rings (SSSR count). The van der Waals surface area contributed by atoms with Crippen molar-refractivity contribution >= 4 is 17.5 Å². The molecule has 0 aliphatic carbocycles. The number of anilines is 1. The van der Waals surface area contributed by atoms with Crippen LogP contribution in [0.5, 0.6) is 0 Å². The van der Waals surface area contributed by atoms with Crippen molar-refractivity contribution in [3.63, 3.8) is 0 Å². The number of morpholine rings is 1. The fourth-order valence-corrected chi connectivity index (χ4v) is 5.52. The molecule has 1 aromatic heterocycles. The zero-order valence-corrected chi connectivity index (χ0v) is 19.7. The highest BCUT2D eigenvalue weighted by Gasteiger charge is 2.38. The van der Waals surface area contributed by atoms with Crippen molar-refractivity contribution in [2.45, 2.75) is 58.3 Å². The molecule has 8 heteroatoms. The van der Waals surface area contributed by atoms with Crippen molar-refractivity contribution in [2.24, 2.45) is 0 Å². The minimum Gasteiger partial charge on any atom is -0.377 e. The quantitative estimate of drug-likeness (QED) is 0.666. The van der Waals surface area contributed by atoms with Crippen LogP contribution in [-0.4, -0.2) is 82.4 Å². The molecule has 1 aromatic carbocycles. The van der Waals surface area contributed by atoms with E-state index < -0.39 is 0 Å². The maximum Gasteiger partial charge on any atom is 0.344 e. The Morgan fingerprint density at radius 3 is 2.55 bits per heavy atom. The fraction of sp³-hybridized carbons (Fsp3) is 0.560. The van der Waals surface area contributed by atoms with E-state index in [1.54, 1.807) is 12.3 Å².